The highest BCUT2D eigenvalue weighted by molar-refractivity contribution is 5.68. The number of benzene rings is 1. The lowest BCUT2D eigenvalue weighted by atomic mass is 10.0. The third kappa shape index (κ3) is 5.84. The Morgan fingerprint density at radius 3 is 2.35 bits per heavy atom. The molecule has 1 aliphatic rings. The minimum Gasteiger partial charge on any atom is -0.444 e. The van der Waals surface area contributed by atoms with E-state index < -0.39 is 5.60 Å². The second-order valence-corrected chi connectivity index (χ2v) is 7.11. The molecule has 0 radical (unpaired) electrons. The van der Waals surface area contributed by atoms with Crippen LogP contribution in [0.1, 0.15) is 38.8 Å². The number of carbonyl (C=O) groups excluding carboxylic acids is 1. The van der Waals surface area contributed by atoms with Crippen LogP contribution in [0.3, 0.4) is 0 Å². The Hall–Kier alpha value is -1.59. The maximum Gasteiger partial charge on any atom is 0.410 e. The van der Waals surface area contributed by atoms with Gasteiger partial charge in [-0.1, -0.05) is 30.3 Å². The van der Waals surface area contributed by atoms with E-state index in [0.717, 1.165) is 39.1 Å². The highest BCUT2D eigenvalue weighted by atomic mass is 16.6. The van der Waals surface area contributed by atoms with Gasteiger partial charge in [-0.2, -0.15) is 0 Å². The van der Waals surface area contributed by atoms with Crippen molar-refractivity contribution in [1.29, 1.82) is 0 Å². The quantitative estimate of drug-likeness (QED) is 0.927. The van der Waals surface area contributed by atoms with Crippen molar-refractivity contribution < 1.29 is 9.53 Å². The highest BCUT2D eigenvalue weighted by Crippen LogP contribution is 2.15. The number of rotatable bonds is 4. The molecule has 1 heterocycles. The zero-order chi connectivity index (χ0) is 16.9. The normalized spacial score (nSPS) is 17.8. The van der Waals surface area contributed by atoms with E-state index in [1.807, 2.05) is 39.0 Å². The van der Waals surface area contributed by atoms with Gasteiger partial charge in [0.2, 0.25) is 0 Å². The van der Waals surface area contributed by atoms with Gasteiger partial charge < -0.3 is 15.4 Å². The van der Waals surface area contributed by atoms with Crippen LogP contribution in [0.4, 0.5) is 4.79 Å². The summed E-state index contributed by atoms with van der Waals surface area (Å²) in [5.41, 5.74) is 6.99. The zero-order valence-corrected chi connectivity index (χ0v) is 14.5. The zero-order valence-electron chi connectivity index (χ0n) is 14.5. The smallest absolute Gasteiger partial charge is 0.410 e. The first-order chi connectivity index (χ1) is 10.8. The minimum absolute atomic E-state index is 0.0695. The SMILES string of the molecule is CC(C)(C)OC(=O)N1CCN(CC[C@H](N)c2ccccc2)CC1. The first-order valence-electron chi connectivity index (χ1n) is 8.36. The van der Waals surface area contributed by atoms with Crippen LogP contribution in [-0.2, 0) is 4.74 Å². The lowest BCUT2D eigenvalue weighted by molar-refractivity contribution is 0.0143. The van der Waals surface area contributed by atoms with Crippen LogP contribution in [-0.4, -0.2) is 54.2 Å². The fourth-order valence-corrected chi connectivity index (χ4v) is 2.67. The molecule has 5 nitrogen and oxygen atoms in total. The van der Waals surface area contributed by atoms with E-state index in [2.05, 4.69) is 17.0 Å². The largest absolute Gasteiger partial charge is 0.444 e. The lowest BCUT2D eigenvalue weighted by Crippen LogP contribution is -2.50. The van der Waals surface area contributed by atoms with Gasteiger partial charge in [-0.3, -0.25) is 4.90 Å². The Bertz CT molecular complexity index is 491. The number of hydrogen-bond acceptors (Lipinski definition) is 4. The van der Waals surface area contributed by atoms with Crippen molar-refractivity contribution in [3.8, 4) is 0 Å². The van der Waals surface area contributed by atoms with Gasteiger partial charge in [0, 0.05) is 38.8 Å². The molecule has 2 N–H and O–H groups in total. The number of nitrogens with two attached hydrogens (primary N) is 1. The summed E-state index contributed by atoms with van der Waals surface area (Å²) >= 11 is 0. The standard InChI is InChI=1S/C18H29N3O2/c1-18(2,3)23-17(22)21-13-11-20(12-14-21)10-9-16(19)15-7-5-4-6-8-15/h4-8,16H,9-14,19H2,1-3H3/t16-/m0/s1. The van der Waals surface area contributed by atoms with Gasteiger partial charge in [-0.05, 0) is 32.8 Å². The molecule has 2 rings (SSSR count). The summed E-state index contributed by atoms with van der Waals surface area (Å²) in [7, 11) is 0. The van der Waals surface area contributed by atoms with Crippen molar-refractivity contribution in [2.45, 2.75) is 38.8 Å². The van der Waals surface area contributed by atoms with Gasteiger partial charge in [0.25, 0.3) is 0 Å². The lowest BCUT2D eigenvalue weighted by Gasteiger charge is -2.35. The fraction of sp³-hybridized carbons (Fsp3) is 0.611. The van der Waals surface area contributed by atoms with Crippen molar-refractivity contribution in [3.63, 3.8) is 0 Å². The van der Waals surface area contributed by atoms with Crippen LogP contribution in [0.15, 0.2) is 30.3 Å². The Morgan fingerprint density at radius 2 is 1.78 bits per heavy atom. The van der Waals surface area contributed by atoms with Crippen molar-refractivity contribution in [2.75, 3.05) is 32.7 Å². The second kappa shape index (κ2) is 7.79. The van der Waals surface area contributed by atoms with Crippen LogP contribution in [0.25, 0.3) is 0 Å². The minimum atomic E-state index is -0.434. The van der Waals surface area contributed by atoms with Gasteiger partial charge >= 0.3 is 6.09 Å². The molecule has 23 heavy (non-hydrogen) atoms. The summed E-state index contributed by atoms with van der Waals surface area (Å²) in [6.07, 6.45) is 0.717. The molecule has 1 fully saturated rings. The molecular weight excluding hydrogens is 290 g/mol. The van der Waals surface area contributed by atoms with E-state index in [-0.39, 0.29) is 12.1 Å². The van der Waals surface area contributed by atoms with Gasteiger partial charge in [0.15, 0.2) is 0 Å². The molecule has 0 unspecified atom stereocenters. The number of carbonyl (C=O) groups is 1. The molecular formula is C18H29N3O2. The van der Waals surface area contributed by atoms with Crippen LogP contribution in [0.2, 0.25) is 0 Å². The van der Waals surface area contributed by atoms with E-state index in [4.69, 9.17) is 10.5 Å². The van der Waals surface area contributed by atoms with Crippen LogP contribution >= 0.6 is 0 Å². The van der Waals surface area contributed by atoms with E-state index in [1.165, 1.54) is 5.56 Å². The van der Waals surface area contributed by atoms with E-state index >= 15 is 0 Å². The molecule has 0 aliphatic carbocycles. The van der Waals surface area contributed by atoms with Gasteiger partial charge in [0.05, 0.1) is 0 Å². The van der Waals surface area contributed by atoms with E-state index in [9.17, 15) is 4.79 Å². The molecule has 1 amide bonds. The molecule has 0 aromatic heterocycles. The summed E-state index contributed by atoms with van der Waals surface area (Å²) in [5.74, 6) is 0. The molecule has 0 bridgehead atoms. The van der Waals surface area contributed by atoms with Crippen molar-refractivity contribution in [2.24, 2.45) is 5.73 Å². The number of piperazine rings is 1. The van der Waals surface area contributed by atoms with E-state index in [1.54, 1.807) is 4.90 Å². The fourth-order valence-electron chi connectivity index (χ4n) is 2.67. The number of hydrogen-bond donors (Lipinski definition) is 1. The van der Waals surface area contributed by atoms with Crippen LogP contribution in [0.5, 0.6) is 0 Å². The molecule has 1 aromatic carbocycles. The summed E-state index contributed by atoms with van der Waals surface area (Å²) in [6, 6.07) is 10.3. The topological polar surface area (TPSA) is 58.8 Å². The Labute approximate surface area is 139 Å². The van der Waals surface area contributed by atoms with Crippen LogP contribution in [0, 0.1) is 0 Å². The molecule has 5 heteroatoms. The van der Waals surface area contributed by atoms with Gasteiger partial charge in [-0.25, -0.2) is 4.79 Å². The number of ether oxygens (including phenoxy) is 1. The second-order valence-electron chi connectivity index (χ2n) is 7.11. The van der Waals surface area contributed by atoms with E-state index in [0.29, 0.717) is 0 Å². The first kappa shape index (κ1) is 17.8. The molecule has 1 saturated heterocycles. The summed E-state index contributed by atoms with van der Waals surface area (Å²) < 4.78 is 5.42. The summed E-state index contributed by atoms with van der Waals surface area (Å²) in [4.78, 5) is 16.2. The van der Waals surface area contributed by atoms with Gasteiger partial charge in [-0.15, -0.1) is 0 Å². The van der Waals surface area contributed by atoms with Crippen molar-refractivity contribution in [3.05, 3.63) is 35.9 Å². The monoisotopic (exact) mass is 319 g/mol. The van der Waals surface area contributed by atoms with Crippen molar-refractivity contribution >= 4 is 6.09 Å². The third-order valence-corrected chi connectivity index (χ3v) is 4.01. The average molecular weight is 319 g/mol. The molecule has 1 atom stereocenters. The predicted molar refractivity (Wildman–Crippen MR) is 92.2 cm³/mol. The average Bonchev–Trinajstić information content (AvgIpc) is 2.52. The number of amides is 1. The van der Waals surface area contributed by atoms with Crippen molar-refractivity contribution in [1.82, 2.24) is 9.80 Å². The molecule has 0 saturated carbocycles. The predicted octanol–water partition coefficient (Wildman–Crippen LogP) is 2.63. The molecule has 1 aliphatic heterocycles. The van der Waals surface area contributed by atoms with Crippen LogP contribution < -0.4 is 5.73 Å². The maximum atomic E-state index is 12.0. The Balaban J connectivity index is 1.72. The summed E-state index contributed by atoms with van der Waals surface area (Å²) in [5, 5.41) is 0. The summed E-state index contributed by atoms with van der Waals surface area (Å²) in [6.45, 7) is 9.83. The van der Waals surface area contributed by atoms with Gasteiger partial charge in [0.1, 0.15) is 5.60 Å². The maximum absolute atomic E-state index is 12.0. The Kier molecular flexibility index (Phi) is 6.02. The number of nitrogens with zero attached hydrogens (tertiary/aromatic N) is 2. The molecule has 1 aromatic rings. The Morgan fingerprint density at radius 1 is 1.17 bits per heavy atom. The highest BCUT2D eigenvalue weighted by Gasteiger charge is 2.25. The first-order valence-corrected chi connectivity index (χ1v) is 8.36. The third-order valence-electron chi connectivity index (χ3n) is 4.01. The molecule has 128 valence electrons. The molecule has 0 spiro atoms.